The Morgan fingerprint density at radius 2 is 1.79 bits per heavy atom. The van der Waals surface area contributed by atoms with Crippen LogP contribution in [0.2, 0.25) is 0 Å². The minimum Gasteiger partial charge on any atom is -0.453 e. The van der Waals surface area contributed by atoms with Crippen LogP contribution in [0.1, 0.15) is 18.6 Å². The molecule has 0 saturated heterocycles. The van der Waals surface area contributed by atoms with Gasteiger partial charge in [0, 0.05) is 4.47 Å². The van der Waals surface area contributed by atoms with E-state index in [2.05, 4.69) is 31.9 Å². The van der Waals surface area contributed by atoms with Crippen LogP contribution >= 0.6 is 31.9 Å². The molecule has 0 aliphatic heterocycles. The van der Waals surface area contributed by atoms with Crippen molar-refractivity contribution in [1.82, 2.24) is 0 Å². The molecule has 2 aromatic carbocycles. The van der Waals surface area contributed by atoms with Crippen LogP contribution in [-0.4, -0.2) is 5.11 Å². The van der Waals surface area contributed by atoms with Crippen molar-refractivity contribution in [3.8, 4) is 11.5 Å². The molecule has 1 N–H and O–H groups in total. The standard InChI is InChI=1S/C14H11Br2FO2/c1-8(18)9-2-4-13(11(16)6-9)19-14-5-3-10(15)7-12(14)17/h2-8,18H,1H3/t8-/m1/s1. The van der Waals surface area contributed by atoms with Crippen molar-refractivity contribution in [2.24, 2.45) is 0 Å². The predicted octanol–water partition coefficient (Wildman–Crippen LogP) is 5.20. The minimum absolute atomic E-state index is 0.147. The van der Waals surface area contributed by atoms with E-state index in [4.69, 9.17) is 4.74 Å². The zero-order valence-electron chi connectivity index (χ0n) is 10.0. The number of benzene rings is 2. The van der Waals surface area contributed by atoms with E-state index in [9.17, 15) is 9.50 Å². The summed E-state index contributed by atoms with van der Waals surface area (Å²) in [6.45, 7) is 1.68. The molecule has 0 saturated carbocycles. The van der Waals surface area contributed by atoms with Gasteiger partial charge in [0.2, 0.25) is 0 Å². The van der Waals surface area contributed by atoms with Gasteiger partial charge < -0.3 is 9.84 Å². The zero-order valence-corrected chi connectivity index (χ0v) is 13.2. The van der Waals surface area contributed by atoms with E-state index in [1.165, 1.54) is 6.07 Å². The van der Waals surface area contributed by atoms with Gasteiger partial charge in [-0.15, -0.1) is 0 Å². The van der Waals surface area contributed by atoms with E-state index >= 15 is 0 Å². The Morgan fingerprint density at radius 1 is 1.11 bits per heavy atom. The highest BCUT2D eigenvalue weighted by Crippen LogP contribution is 2.33. The van der Waals surface area contributed by atoms with Gasteiger partial charge >= 0.3 is 0 Å². The third-order valence-corrected chi connectivity index (χ3v) is 3.67. The molecule has 0 heterocycles. The second-order valence-electron chi connectivity index (χ2n) is 4.04. The van der Waals surface area contributed by atoms with Crippen LogP contribution in [0.15, 0.2) is 45.3 Å². The molecule has 0 bridgehead atoms. The molecule has 2 rings (SSSR count). The maximum absolute atomic E-state index is 13.7. The smallest absolute Gasteiger partial charge is 0.166 e. The van der Waals surface area contributed by atoms with Crippen molar-refractivity contribution < 1.29 is 14.2 Å². The van der Waals surface area contributed by atoms with Crippen LogP contribution in [-0.2, 0) is 0 Å². The van der Waals surface area contributed by atoms with Gasteiger partial charge in [-0.25, -0.2) is 4.39 Å². The number of hydrogen-bond donors (Lipinski definition) is 1. The van der Waals surface area contributed by atoms with Gasteiger partial charge in [0.15, 0.2) is 11.6 Å². The molecule has 0 fully saturated rings. The van der Waals surface area contributed by atoms with Crippen molar-refractivity contribution in [2.75, 3.05) is 0 Å². The first kappa shape index (κ1) is 14.5. The Labute approximate surface area is 127 Å². The average molecular weight is 390 g/mol. The molecule has 0 aromatic heterocycles. The number of aliphatic hydroxyl groups is 1. The van der Waals surface area contributed by atoms with Crippen LogP contribution < -0.4 is 4.74 Å². The maximum Gasteiger partial charge on any atom is 0.166 e. The number of ether oxygens (including phenoxy) is 1. The summed E-state index contributed by atoms with van der Waals surface area (Å²) in [4.78, 5) is 0. The summed E-state index contributed by atoms with van der Waals surface area (Å²) in [5, 5.41) is 9.48. The fraction of sp³-hybridized carbons (Fsp3) is 0.143. The summed E-state index contributed by atoms with van der Waals surface area (Å²) >= 11 is 6.53. The molecule has 100 valence electrons. The van der Waals surface area contributed by atoms with E-state index in [-0.39, 0.29) is 5.75 Å². The SMILES string of the molecule is C[C@@H](O)c1ccc(Oc2ccc(Br)cc2F)c(Br)c1. The van der Waals surface area contributed by atoms with Crippen LogP contribution in [0.5, 0.6) is 11.5 Å². The van der Waals surface area contributed by atoms with E-state index in [0.29, 0.717) is 14.7 Å². The molecule has 0 aliphatic rings. The molecule has 2 nitrogen and oxygen atoms in total. The topological polar surface area (TPSA) is 29.5 Å². The molecule has 0 aliphatic carbocycles. The molecule has 19 heavy (non-hydrogen) atoms. The molecule has 5 heteroatoms. The lowest BCUT2D eigenvalue weighted by molar-refractivity contribution is 0.199. The molecule has 0 unspecified atom stereocenters. The fourth-order valence-electron chi connectivity index (χ4n) is 1.54. The van der Waals surface area contributed by atoms with Gasteiger partial charge in [-0.3, -0.25) is 0 Å². The first-order valence-corrected chi connectivity index (χ1v) is 7.16. The summed E-state index contributed by atoms with van der Waals surface area (Å²) in [6.07, 6.45) is -0.560. The highest BCUT2D eigenvalue weighted by atomic mass is 79.9. The third-order valence-electron chi connectivity index (χ3n) is 2.55. The van der Waals surface area contributed by atoms with Gasteiger partial charge in [0.05, 0.1) is 10.6 Å². The van der Waals surface area contributed by atoms with Gasteiger partial charge in [0.1, 0.15) is 5.75 Å². The third kappa shape index (κ3) is 3.55. The summed E-state index contributed by atoms with van der Waals surface area (Å²) in [5.41, 5.74) is 0.760. The Bertz CT molecular complexity index is 600. The van der Waals surface area contributed by atoms with E-state index in [1.54, 1.807) is 37.3 Å². The van der Waals surface area contributed by atoms with Crippen molar-refractivity contribution >= 4 is 31.9 Å². The van der Waals surface area contributed by atoms with Crippen LogP contribution in [0.25, 0.3) is 0 Å². The largest absolute Gasteiger partial charge is 0.453 e. The number of halogens is 3. The van der Waals surface area contributed by atoms with Crippen molar-refractivity contribution in [3.63, 3.8) is 0 Å². The van der Waals surface area contributed by atoms with Crippen LogP contribution in [0.3, 0.4) is 0 Å². The minimum atomic E-state index is -0.560. The number of aliphatic hydroxyl groups excluding tert-OH is 1. The van der Waals surface area contributed by atoms with Gasteiger partial charge in [-0.1, -0.05) is 22.0 Å². The summed E-state index contributed by atoms with van der Waals surface area (Å²) in [6, 6.07) is 9.77. The predicted molar refractivity (Wildman–Crippen MR) is 78.9 cm³/mol. The van der Waals surface area contributed by atoms with E-state index in [1.807, 2.05) is 0 Å². The van der Waals surface area contributed by atoms with Crippen LogP contribution in [0.4, 0.5) is 4.39 Å². The number of rotatable bonds is 3. The quantitative estimate of drug-likeness (QED) is 0.781. The molecular formula is C14H11Br2FO2. The second-order valence-corrected chi connectivity index (χ2v) is 5.81. The van der Waals surface area contributed by atoms with Crippen LogP contribution in [0, 0.1) is 5.82 Å². The Kier molecular flexibility index (Phi) is 4.60. The normalized spacial score (nSPS) is 12.3. The maximum atomic E-state index is 13.7. The highest BCUT2D eigenvalue weighted by molar-refractivity contribution is 9.10. The molecule has 0 amide bonds. The summed E-state index contributed by atoms with van der Waals surface area (Å²) in [5.74, 6) is 0.195. The number of hydrogen-bond acceptors (Lipinski definition) is 2. The van der Waals surface area contributed by atoms with Gasteiger partial charge in [-0.2, -0.15) is 0 Å². The Hall–Kier alpha value is -0.910. The van der Waals surface area contributed by atoms with E-state index < -0.39 is 11.9 Å². The molecule has 0 radical (unpaired) electrons. The highest BCUT2D eigenvalue weighted by Gasteiger charge is 2.10. The fourth-order valence-corrected chi connectivity index (χ4v) is 2.35. The molecular weight excluding hydrogens is 379 g/mol. The Morgan fingerprint density at radius 3 is 2.37 bits per heavy atom. The van der Waals surface area contributed by atoms with E-state index in [0.717, 1.165) is 5.56 Å². The molecule has 1 atom stereocenters. The van der Waals surface area contributed by atoms with Crippen molar-refractivity contribution in [2.45, 2.75) is 13.0 Å². The van der Waals surface area contributed by atoms with Crippen molar-refractivity contribution in [3.05, 3.63) is 56.7 Å². The first-order valence-electron chi connectivity index (χ1n) is 5.58. The average Bonchev–Trinajstić information content (AvgIpc) is 2.34. The summed E-state index contributed by atoms with van der Waals surface area (Å²) < 4.78 is 20.5. The van der Waals surface area contributed by atoms with Crippen molar-refractivity contribution in [1.29, 1.82) is 0 Å². The lowest BCUT2D eigenvalue weighted by atomic mass is 10.1. The molecule has 2 aromatic rings. The van der Waals surface area contributed by atoms with Gasteiger partial charge in [0.25, 0.3) is 0 Å². The second kappa shape index (κ2) is 6.03. The lowest BCUT2D eigenvalue weighted by Crippen LogP contribution is -1.93. The lowest BCUT2D eigenvalue weighted by Gasteiger charge is -2.11. The van der Waals surface area contributed by atoms with Gasteiger partial charge in [-0.05, 0) is 58.7 Å². The first-order chi connectivity index (χ1) is 8.97. The monoisotopic (exact) mass is 388 g/mol. The summed E-state index contributed by atoms with van der Waals surface area (Å²) in [7, 11) is 0. The Balaban J connectivity index is 2.28. The zero-order chi connectivity index (χ0) is 14.0. The molecule has 0 spiro atoms.